The predicted octanol–water partition coefficient (Wildman–Crippen LogP) is 3.48. The van der Waals surface area contributed by atoms with Crippen LogP contribution in [0.25, 0.3) is 5.69 Å². The molecule has 0 aliphatic heterocycles. The summed E-state index contributed by atoms with van der Waals surface area (Å²) in [5.41, 5.74) is 0.0984. The Bertz CT molecular complexity index is 745. The summed E-state index contributed by atoms with van der Waals surface area (Å²) < 4.78 is 1.58. The van der Waals surface area contributed by atoms with Crippen LogP contribution < -0.4 is 5.32 Å². The number of nitrogens with zero attached hydrogens (tertiary/aromatic N) is 3. The van der Waals surface area contributed by atoms with Gasteiger partial charge >= 0.3 is 0 Å². The monoisotopic (exact) mass is 366 g/mol. The van der Waals surface area contributed by atoms with Crippen molar-refractivity contribution in [3.05, 3.63) is 51.8 Å². The summed E-state index contributed by atoms with van der Waals surface area (Å²) in [4.78, 5) is 27.9. The molecule has 1 amide bonds. The van der Waals surface area contributed by atoms with Crippen molar-refractivity contribution in [3.63, 3.8) is 0 Å². The van der Waals surface area contributed by atoms with Crippen molar-refractivity contribution in [2.75, 3.05) is 11.9 Å². The van der Waals surface area contributed by atoms with Gasteiger partial charge in [-0.3, -0.25) is 4.79 Å². The summed E-state index contributed by atoms with van der Waals surface area (Å²) in [6, 6.07) is 6.75. The van der Waals surface area contributed by atoms with Crippen molar-refractivity contribution in [2.45, 2.75) is 26.7 Å². The second-order valence-corrected chi connectivity index (χ2v) is 5.99. The number of anilines is 1. The lowest BCUT2D eigenvalue weighted by molar-refractivity contribution is -0.760. The highest BCUT2D eigenvalue weighted by Gasteiger charge is 2.36. The predicted molar refractivity (Wildman–Crippen MR) is 93.2 cm³/mol. The molecule has 9 heteroatoms. The minimum atomic E-state index is -1.01. The molecule has 0 spiro atoms. The number of rotatable bonds is 8. The van der Waals surface area contributed by atoms with Crippen LogP contribution in [0.15, 0.2) is 36.7 Å². The van der Waals surface area contributed by atoms with Crippen LogP contribution in [0.1, 0.15) is 26.7 Å². The van der Waals surface area contributed by atoms with Gasteiger partial charge in [0.15, 0.2) is 0 Å². The maximum atomic E-state index is 12.8. The van der Waals surface area contributed by atoms with Crippen molar-refractivity contribution in [3.8, 4) is 5.69 Å². The molecule has 134 valence electrons. The molecule has 2 rings (SSSR count). The van der Waals surface area contributed by atoms with Gasteiger partial charge in [0, 0.05) is 17.4 Å². The van der Waals surface area contributed by atoms with Gasteiger partial charge < -0.3 is 10.2 Å². The zero-order chi connectivity index (χ0) is 18.4. The van der Waals surface area contributed by atoms with Crippen LogP contribution in [-0.4, -0.2) is 27.4 Å². The molecule has 0 unspecified atom stereocenters. The van der Waals surface area contributed by atoms with Crippen molar-refractivity contribution >= 4 is 23.2 Å². The van der Waals surface area contributed by atoms with E-state index >= 15 is 0 Å². The zero-order valence-corrected chi connectivity index (χ0v) is 14.7. The molecule has 2 aromatic rings. The first-order chi connectivity index (χ1) is 11.9. The first-order valence-corrected chi connectivity index (χ1v) is 8.18. The topological polar surface area (TPSA) is 99.3 Å². The molecule has 1 N–H and O–H groups in total. The minimum absolute atomic E-state index is 0.302. The summed E-state index contributed by atoms with van der Waals surface area (Å²) in [6.07, 6.45) is 4.13. The molecule has 25 heavy (non-hydrogen) atoms. The Morgan fingerprint density at radius 2 is 2.16 bits per heavy atom. The Balaban J connectivity index is 2.31. The number of amides is 1. The fraction of sp³-hybridized carbons (Fsp3) is 0.375. The van der Waals surface area contributed by atoms with Crippen LogP contribution in [0.3, 0.4) is 0 Å². The molecule has 0 saturated carbocycles. The molecule has 0 bridgehead atoms. The number of halogens is 1. The fourth-order valence-electron chi connectivity index (χ4n) is 2.48. The second-order valence-electron chi connectivity index (χ2n) is 5.55. The molecule has 1 heterocycles. The molecule has 0 saturated heterocycles. The quantitative estimate of drug-likeness (QED) is 0.569. The van der Waals surface area contributed by atoms with E-state index in [2.05, 4.69) is 15.3 Å². The van der Waals surface area contributed by atoms with Gasteiger partial charge in [0.1, 0.15) is 6.61 Å². The molecular formula is C16H19ClN4O4. The second kappa shape index (κ2) is 7.98. The van der Waals surface area contributed by atoms with Gasteiger partial charge in [0.25, 0.3) is 5.09 Å². The number of carbonyl (C=O) groups excluding carboxylic acids is 1. The molecule has 0 aliphatic carbocycles. The Labute approximate surface area is 149 Å². The normalized spacial score (nSPS) is 11.2. The van der Waals surface area contributed by atoms with Gasteiger partial charge in [-0.2, -0.15) is 5.10 Å². The number of hydrogen-bond acceptors (Lipinski definition) is 5. The van der Waals surface area contributed by atoms with Crippen LogP contribution in [-0.2, 0) is 9.63 Å². The van der Waals surface area contributed by atoms with Gasteiger partial charge in [-0.05, 0) is 37.1 Å². The van der Waals surface area contributed by atoms with E-state index < -0.39 is 10.5 Å². The van der Waals surface area contributed by atoms with Crippen LogP contribution in [0.5, 0.6) is 0 Å². The van der Waals surface area contributed by atoms with Crippen molar-refractivity contribution in [1.29, 1.82) is 0 Å². The van der Waals surface area contributed by atoms with Crippen LogP contribution in [0, 0.1) is 15.5 Å². The Kier molecular flexibility index (Phi) is 5.97. The van der Waals surface area contributed by atoms with Crippen molar-refractivity contribution in [2.24, 2.45) is 5.41 Å². The SMILES string of the molecule is CCC(CC)(CO[N+](=O)[O-])C(=O)Nc1ccc(Cl)cc1-n1cccn1. The summed E-state index contributed by atoms with van der Waals surface area (Å²) in [5, 5.41) is 17.1. The number of carbonyl (C=O) groups is 1. The van der Waals surface area contributed by atoms with E-state index in [0.717, 1.165) is 0 Å². The van der Waals surface area contributed by atoms with Gasteiger partial charge in [0.05, 0.1) is 16.8 Å². The molecular weight excluding hydrogens is 348 g/mol. The number of benzene rings is 1. The lowest BCUT2D eigenvalue weighted by Crippen LogP contribution is -2.40. The standard InChI is InChI=1S/C16H19ClN4O4/c1-3-16(4-2,11-25-21(23)24)15(22)19-13-7-6-12(17)10-14(13)20-9-5-8-18-20/h5-10H,3-4,11H2,1-2H3,(H,19,22). The van der Waals surface area contributed by atoms with Crippen LogP contribution >= 0.6 is 11.6 Å². The summed E-state index contributed by atoms with van der Waals surface area (Å²) >= 11 is 6.05. The zero-order valence-electron chi connectivity index (χ0n) is 13.9. The van der Waals surface area contributed by atoms with Gasteiger partial charge in [-0.1, -0.05) is 25.4 Å². The van der Waals surface area contributed by atoms with E-state index in [9.17, 15) is 14.9 Å². The highest BCUT2D eigenvalue weighted by Crippen LogP contribution is 2.31. The molecule has 0 fully saturated rings. The Morgan fingerprint density at radius 1 is 1.44 bits per heavy atom. The third-order valence-corrected chi connectivity index (χ3v) is 4.48. The molecule has 8 nitrogen and oxygen atoms in total. The van der Waals surface area contributed by atoms with E-state index in [4.69, 9.17) is 11.6 Å². The first-order valence-electron chi connectivity index (χ1n) is 7.80. The lowest BCUT2D eigenvalue weighted by atomic mass is 9.82. The summed E-state index contributed by atoms with van der Waals surface area (Å²) in [7, 11) is 0. The smallest absolute Gasteiger partial charge is 0.294 e. The highest BCUT2D eigenvalue weighted by molar-refractivity contribution is 6.30. The van der Waals surface area contributed by atoms with E-state index in [1.165, 1.54) is 0 Å². The molecule has 0 atom stereocenters. The lowest BCUT2D eigenvalue weighted by Gasteiger charge is -2.29. The first kappa shape index (κ1) is 18.7. The largest absolute Gasteiger partial charge is 0.324 e. The van der Waals surface area contributed by atoms with E-state index in [1.807, 2.05) is 0 Å². The number of nitrogens with one attached hydrogen (secondary N) is 1. The molecule has 1 aromatic carbocycles. The van der Waals surface area contributed by atoms with E-state index in [-0.39, 0.29) is 12.5 Å². The maximum absolute atomic E-state index is 12.8. The number of hydrogen-bond donors (Lipinski definition) is 1. The molecule has 1 aromatic heterocycles. The average Bonchev–Trinajstić information content (AvgIpc) is 3.12. The van der Waals surface area contributed by atoms with Gasteiger partial charge in [-0.25, -0.2) is 4.68 Å². The summed E-state index contributed by atoms with van der Waals surface area (Å²) in [6.45, 7) is 3.29. The fourth-order valence-corrected chi connectivity index (χ4v) is 2.65. The number of aromatic nitrogens is 2. The van der Waals surface area contributed by atoms with E-state index in [1.54, 1.807) is 55.2 Å². The molecule has 0 radical (unpaired) electrons. The van der Waals surface area contributed by atoms with E-state index in [0.29, 0.717) is 29.2 Å². The summed E-state index contributed by atoms with van der Waals surface area (Å²) in [5.74, 6) is -0.352. The minimum Gasteiger partial charge on any atom is -0.324 e. The van der Waals surface area contributed by atoms with Crippen LogP contribution in [0.4, 0.5) is 5.69 Å². The average molecular weight is 367 g/mol. The van der Waals surface area contributed by atoms with Crippen LogP contribution in [0.2, 0.25) is 5.02 Å². The third kappa shape index (κ3) is 4.27. The van der Waals surface area contributed by atoms with Gasteiger partial charge in [-0.15, -0.1) is 10.1 Å². The third-order valence-electron chi connectivity index (χ3n) is 4.24. The molecule has 0 aliphatic rings. The van der Waals surface area contributed by atoms with Crippen molar-refractivity contribution in [1.82, 2.24) is 9.78 Å². The maximum Gasteiger partial charge on any atom is 0.294 e. The Morgan fingerprint density at radius 3 is 2.72 bits per heavy atom. The highest BCUT2D eigenvalue weighted by atomic mass is 35.5. The van der Waals surface area contributed by atoms with Gasteiger partial charge in [0.2, 0.25) is 5.91 Å². The van der Waals surface area contributed by atoms with Crippen molar-refractivity contribution < 1.29 is 14.7 Å². The Hall–Kier alpha value is -2.61.